The van der Waals surface area contributed by atoms with Crippen LogP contribution in [0.1, 0.15) is 96.9 Å². The van der Waals surface area contributed by atoms with Crippen LogP contribution in [0.5, 0.6) is 0 Å². The first kappa shape index (κ1) is 35.6. The monoisotopic (exact) mass is 541 g/mol. The zero-order chi connectivity index (χ0) is 29.6. The van der Waals surface area contributed by atoms with Crippen molar-refractivity contribution in [3.63, 3.8) is 0 Å². The molecule has 0 aromatic rings. The van der Waals surface area contributed by atoms with E-state index in [4.69, 9.17) is 0 Å². The van der Waals surface area contributed by atoms with E-state index in [1.807, 2.05) is 0 Å². The maximum absolute atomic E-state index is 3.19. The Balaban J connectivity index is 0.000000637. The number of likely N-dealkylation sites (N-methyl/N-ethyl adjacent to an activating group) is 4. The van der Waals surface area contributed by atoms with E-state index in [2.05, 4.69) is 181 Å². The third kappa shape index (κ3) is 4.77. The summed E-state index contributed by atoms with van der Waals surface area (Å²) >= 11 is 2.06. The van der Waals surface area contributed by atoms with Gasteiger partial charge >= 0.3 is 22.2 Å². The second-order valence-electron chi connectivity index (χ2n) is 13.8. The molecule has 0 fully saturated rings. The molecule has 0 bridgehead atoms. The van der Waals surface area contributed by atoms with Gasteiger partial charge < -0.3 is 9.80 Å². The average molecular weight is 542 g/mol. The predicted molar refractivity (Wildman–Crippen MR) is 160 cm³/mol. The number of hydrogen-bond donors (Lipinski definition) is 0. The number of rotatable bonds is 2. The van der Waals surface area contributed by atoms with Crippen LogP contribution in [0.15, 0.2) is 22.4 Å². The van der Waals surface area contributed by atoms with Crippen molar-refractivity contribution in [1.29, 1.82) is 0 Å². The van der Waals surface area contributed by atoms with Gasteiger partial charge in [0.2, 0.25) is 0 Å². The van der Waals surface area contributed by atoms with Gasteiger partial charge in [-0.2, -0.15) is 0 Å². The van der Waals surface area contributed by atoms with Gasteiger partial charge in [0, 0.05) is 34.8 Å². The van der Waals surface area contributed by atoms with Crippen molar-refractivity contribution in [1.82, 2.24) is 19.6 Å². The minimum atomic E-state index is 0.0708. The third-order valence-corrected chi connectivity index (χ3v) is 12.1. The summed E-state index contributed by atoms with van der Waals surface area (Å²) in [4.78, 5) is 9.70. The molecule has 0 saturated heterocycles. The number of hydrogen-bond acceptors (Lipinski definition) is 4. The van der Waals surface area contributed by atoms with Crippen molar-refractivity contribution in [2.45, 2.75) is 125 Å². The molecule has 2 unspecified atom stereocenters. The van der Waals surface area contributed by atoms with Crippen molar-refractivity contribution in [2.75, 3.05) is 42.3 Å². The Morgan fingerprint density at radius 1 is 0.611 bits per heavy atom. The Labute approximate surface area is 236 Å². The predicted octanol–water partition coefficient (Wildman–Crippen LogP) is 6.46. The van der Waals surface area contributed by atoms with E-state index in [0.29, 0.717) is 0 Å². The fraction of sp³-hybridized carbons (Fsp3) is 0.839. The van der Waals surface area contributed by atoms with Crippen molar-refractivity contribution in [2.24, 2.45) is 5.41 Å². The summed E-state index contributed by atoms with van der Waals surface area (Å²) < 4.78 is 0. The maximum atomic E-state index is 3.19. The van der Waals surface area contributed by atoms with Crippen LogP contribution in [-0.4, -0.2) is 94.8 Å². The quantitative estimate of drug-likeness (QED) is 0.372. The van der Waals surface area contributed by atoms with Gasteiger partial charge in [-0.25, -0.2) is 0 Å². The normalized spacial score (nSPS) is 31.1. The molecule has 4 nitrogen and oxygen atoms in total. The summed E-state index contributed by atoms with van der Waals surface area (Å²) in [7, 11) is 13.2. The van der Waals surface area contributed by atoms with Crippen LogP contribution in [-0.2, 0) is 17.0 Å². The van der Waals surface area contributed by atoms with Crippen LogP contribution in [0.4, 0.5) is 0 Å². The third-order valence-electron chi connectivity index (χ3n) is 12.1. The first-order valence-corrected chi connectivity index (χ1v) is 14.3. The minimum absolute atomic E-state index is 0.0708. The van der Waals surface area contributed by atoms with Crippen molar-refractivity contribution in [3.8, 4) is 0 Å². The molecule has 0 aromatic heterocycles. The van der Waals surface area contributed by atoms with Gasteiger partial charge in [0.25, 0.3) is 0 Å². The van der Waals surface area contributed by atoms with Crippen molar-refractivity contribution in [3.05, 3.63) is 22.4 Å². The van der Waals surface area contributed by atoms with E-state index in [0.717, 1.165) is 0 Å². The zero-order valence-electron chi connectivity index (χ0n) is 27.9. The van der Waals surface area contributed by atoms with Gasteiger partial charge in [-0.3, -0.25) is 9.80 Å². The average Bonchev–Trinajstić information content (AvgIpc) is 2.79. The van der Waals surface area contributed by atoms with E-state index in [1.165, 1.54) is 22.4 Å². The Morgan fingerprint density at radius 2 is 1.00 bits per heavy atom. The fourth-order valence-electron chi connectivity index (χ4n) is 7.13. The molecule has 2 aliphatic heterocycles. The van der Waals surface area contributed by atoms with Gasteiger partial charge in [-0.1, -0.05) is 25.0 Å². The van der Waals surface area contributed by atoms with Gasteiger partial charge in [0.05, 0.1) is 11.1 Å². The fourth-order valence-corrected chi connectivity index (χ4v) is 7.13. The molecule has 5 heteroatoms. The molecule has 36 heavy (non-hydrogen) atoms. The van der Waals surface area contributed by atoms with E-state index in [-0.39, 0.29) is 33.1 Å². The number of allylic oxidation sites excluding steroid dienone is 1. The summed E-state index contributed by atoms with van der Waals surface area (Å²) in [5.41, 5.74) is 6.58. The SMILES string of the molecule is CC1=C(C)C(C)(C)C(C)(N(C)C)C(C)(C)N1C.CC1=C(C)C(C)(N(C)C)C(C)(C)N(C)C1(C)C.[CH2]=[V]. The second-order valence-corrected chi connectivity index (χ2v) is 13.8. The van der Waals surface area contributed by atoms with Crippen LogP contribution in [0.3, 0.4) is 0 Å². The Morgan fingerprint density at radius 3 is 1.33 bits per heavy atom. The van der Waals surface area contributed by atoms with Gasteiger partial charge in [0.1, 0.15) is 0 Å². The van der Waals surface area contributed by atoms with E-state index in [9.17, 15) is 0 Å². The standard InChI is InChI=1S/2C15H30N2.CH2.V/c1-11-12(2)17(10)14(5,6)15(7,16(8)9)13(11,3)4;1-11-12(2)15(7,16(8)9)14(5,6)17(10)13(11,3)4;;/h2*1-10H3;1H2;. The van der Waals surface area contributed by atoms with Crippen LogP contribution in [0, 0.1) is 5.41 Å². The molecule has 0 amide bonds. The van der Waals surface area contributed by atoms with Crippen molar-refractivity contribution < 1.29 is 17.0 Å². The van der Waals surface area contributed by atoms with Crippen molar-refractivity contribution >= 4 is 5.23 Å². The van der Waals surface area contributed by atoms with Crippen LogP contribution in [0.2, 0.25) is 0 Å². The Hall–Kier alpha value is -0.386. The summed E-state index contributed by atoms with van der Waals surface area (Å²) in [6.07, 6.45) is 0. The van der Waals surface area contributed by atoms with E-state index in [1.54, 1.807) is 0 Å². The van der Waals surface area contributed by atoms with E-state index < -0.39 is 0 Å². The van der Waals surface area contributed by atoms with E-state index >= 15 is 0 Å². The molecule has 211 valence electrons. The molecular formula is C31H62N4V. The first-order valence-electron chi connectivity index (χ1n) is 13.3. The number of nitrogens with zero attached hydrogens (tertiary/aromatic N) is 4. The summed E-state index contributed by atoms with van der Waals surface area (Å²) in [6, 6.07) is 0. The van der Waals surface area contributed by atoms with Gasteiger partial charge in [0.15, 0.2) is 0 Å². The summed E-state index contributed by atoms with van der Waals surface area (Å²) in [5.74, 6) is 0. The molecule has 2 aliphatic rings. The molecule has 0 saturated carbocycles. The molecule has 2 heterocycles. The molecule has 2 rings (SSSR count). The molecule has 0 N–H and O–H groups in total. The Kier molecular flexibility index (Phi) is 10.9. The molecule has 0 radical (unpaired) electrons. The zero-order valence-corrected chi connectivity index (χ0v) is 29.3. The van der Waals surface area contributed by atoms with Gasteiger partial charge in [-0.15, -0.1) is 0 Å². The molecule has 0 aliphatic carbocycles. The molecule has 0 aromatic carbocycles. The topological polar surface area (TPSA) is 13.0 Å². The second kappa shape index (κ2) is 11.0. The van der Waals surface area contributed by atoms with Crippen LogP contribution in [0.25, 0.3) is 0 Å². The molecule has 2 atom stereocenters. The molecular weight excluding hydrogens is 479 g/mol. The van der Waals surface area contributed by atoms with Crippen LogP contribution < -0.4 is 0 Å². The summed E-state index contributed by atoms with van der Waals surface area (Å²) in [6.45, 7) is 32.7. The molecule has 0 spiro atoms. The van der Waals surface area contributed by atoms with Crippen LogP contribution >= 0.6 is 0 Å². The Bertz CT molecular complexity index is 860. The first-order chi connectivity index (χ1) is 15.8. The summed E-state index contributed by atoms with van der Waals surface area (Å²) in [5, 5.41) is 3.19. The van der Waals surface area contributed by atoms with Gasteiger partial charge in [-0.05, 0) is 124 Å².